The molecule has 0 aromatic carbocycles. The van der Waals surface area contributed by atoms with Crippen molar-refractivity contribution < 1.29 is 13.2 Å². The number of alkyl halides is 3. The summed E-state index contributed by atoms with van der Waals surface area (Å²) in [7, 11) is 0. The molecule has 1 nitrogen and oxygen atoms in total. The highest BCUT2D eigenvalue weighted by Gasteiger charge is 2.20. The highest BCUT2D eigenvalue weighted by Crippen LogP contribution is 2.31. The van der Waals surface area contributed by atoms with Crippen LogP contribution >= 0.6 is 23.2 Å². The second-order valence-electron chi connectivity index (χ2n) is 2.24. The van der Waals surface area contributed by atoms with Crippen LogP contribution in [0.3, 0.4) is 0 Å². The van der Waals surface area contributed by atoms with Crippen LogP contribution < -0.4 is 0 Å². The third-order valence-electron chi connectivity index (χ3n) is 1.44. The monoisotopic (exact) mass is 229 g/mol. The Hall–Kier alpha value is -0.480. The Kier molecular flexibility index (Phi) is 3.39. The lowest BCUT2D eigenvalue weighted by molar-refractivity contribution is 0.145. The maximum Gasteiger partial charge on any atom is 0.269 e. The number of halogens is 5. The van der Waals surface area contributed by atoms with Crippen molar-refractivity contribution >= 4 is 23.2 Å². The minimum absolute atomic E-state index is 0.0775. The first-order valence-corrected chi connectivity index (χ1v) is 4.16. The van der Waals surface area contributed by atoms with Gasteiger partial charge in [-0.15, -0.1) is 11.6 Å². The first-order chi connectivity index (χ1) is 6.07. The average molecular weight is 230 g/mol. The minimum atomic E-state index is -2.98. The number of rotatable bonds is 2. The molecule has 0 amide bonds. The van der Waals surface area contributed by atoms with Crippen molar-refractivity contribution in [3.63, 3.8) is 0 Å². The van der Waals surface area contributed by atoms with Crippen molar-refractivity contribution in [2.75, 3.05) is 0 Å². The standard InChI is InChI=1S/C7H4Cl2F3N/c8-1-3-2-13-7(12)4(5(3)9)6(10)11/h2,6H,1H2. The van der Waals surface area contributed by atoms with Gasteiger partial charge in [-0.25, -0.2) is 13.8 Å². The van der Waals surface area contributed by atoms with Gasteiger partial charge in [0.1, 0.15) is 0 Å². The van der Waals surface area contributed by atoms with E-state index in [0.717, 1.165) is 6.20 Å². The molecule has 0 aliphatic carbocycles. The van der Waals surface area contributed by atoms with Gasteiger partial charge in [0.15, 0.2) is 0 Å². The molecule has 1 aromatic rings. The van der Waals surface area contributed by atoms with Crippen LogP contribution in [-0.4, -0.2) is 4.98 Å². The van der Waals surface area contributed by atoms with Crippen LogP contribution in [0.2, 0.25) is 5.02 Å². The molecule has 1 aromatic heterocycles. The van der Waals surface area contributed by atoms with E-state index in [4.69, 9.17) is 23.2 Å². The van der Waals surface area contributed by atoms with E-state index in [1.807, 2.05) is 0 Å². The number of nitrogens with zero attached hydrogens (tertiary/aromatic N) is 1. The van der Waals surface area contributed by atoms with Crippen molar-refractivity contribution in [2.24, 2.45) is 0 Å². The first kappa shape index (κ1) is 10.6. The lowest BCUT2D eigenvalue weighted by atomic mass is 10.2. The second kappa shape index (κ2) is 4.15. The topological polar surface area (TPSA) is 12.9 Å². The second-order valence-corrected chi connectivity index (χ2v) is 2.88. The number of hydrogen-bond acceptors (Lipinski definition) is 1. The van der Waals surface area contributed by atoms with Crippen LogP contribution in [0.25, 0.3) is 0 Å². The van der Waals surface area contributed by atoms with Crippen LogP contribution in [-0.2, 0) is 5.88 Å². The maximum atomic E-state index is 12.7. The maximum absolute atomic E-state index is 12.7. The average Bonchev–Trinajstić information content (AvgIpc) is 2.04. The van der Waals surface area contributed by atoms with Gasteiger partial charge in [-0.05, 0) is 0 Å². The first-order valence-electron chi connectivity index (χ1n) is 3.24. The number of aromatic nitrogens is 1. The van der Waals surface area contributed by atoms with Crippen LogP contribution in [0.4, 0.5) is 13.2 Å². The van der Waals surface area contributed by atoms with Gasteiger partial charge >= 0.3 is 0 Å². The van der Waals surface area contributed by atoms with E-state index in [2.05, 4.69) is 4.98 Å². The summed E-state index contributed by atoms with van der Waals surface area (Å²) >= 11 is 10.8. The highest BCUT2D eigenvalue weighted by atomic mass is 35.5. The van der Waals surface area contributed by atoms with Crippen LogP contribution in [0, 0.1) is 5.95 Å². The minimum Gasteiger partial charge on any atom is -0.227 e. The van der Waals surface area contributed by atoms with Crippen molar-refractivity contribution in [2.45, 2.75) is 12.3 Å². The van der Waals surface area contributed by atoms with Crippen LogP contribution in [0.15, 0.2) is 6.20 Å². The van der Waals surface area contributed by atoms with Gasteiger partial charge in [0.05, 0.1) is 16.5 Å². The smallest absolute Gasteiger partial charge is 0.227 e. The predicted molar refractivity (Wildman–Crippen MR) is 43.7 cm³/mol. The van der Waals surface area contributed by atoms with E-state index < -0.39 is 17.9 Å². The molecular formula is C7H4Cl2F3N. The zero-order valence-electron chi connectivity index (χ0n) is 6.20. The molecule has 0 bridgehead atoms. The highest BCUT2D eigenvalue weighted by molar-refractivity contribution is 6.33. The fourth-order valence-electron chi connectivity index (χ4n) is 0.803. The van der Waals surface area contributed by atoms with Gasteiger partial charge in [-0.1, -0.05) is 11.6 Å². The van der Waals surface area contributed by atoms with E-state index in [1.54, 1.807) is 0 Å². The van der Waals surface area contributed by atoms with E-state index in [-0.39, 0.29) is 16.5 Å². The fourth-order valence-corrected chi connectivity index (χ4v) is 1.35. The summed E-state index contributed by atoms with van der Waals surface area (Å²) in [4.78, 5) is 3.12. The van der Waals surface area contributed by atoms with E-state index in [0.29, 0.717) is 0 Å². The Morgan fingerprint density at radius 3 is 2.54 bits per heavy atom. The molecule has 0 spiro atoms. The quantitative estimate of drug-likeness (QED) is 0.559. The van der Waals surface area contributed by atoms with Gasteiger partial charge in [0.2, 0.25) is 5.95 Å². The molecule has 0 saturated heterocycles. The molecule has 0 radical (unpaired) electrons. The Morgan fingerprint density at radius 2 is 2.08 bits per heavy atom. The molecular weight excluding hydrogens is 226 g/mol. The molecule has 0 N–H and O–H groups in total. The molecule has 0 aliphatic rings. The van der Waals surface area contributed by atoms with Crippen molar-refractivity contribution in [1.29, 1.82) is 0 Å². The summed E-state index contributed by atoms with van der Waals surface area (Å²) in [5.74, 6) is -1.33. The fraction of sp³-hybridized carbons (Fsp3) is 0.286. The third kappa shape index (κ3) is 2.06. The zero-order chi connectivity index (χ0) is 10.0. The summed E-state index contributed by atoms with van der Waals surface area (Å²) in [5, 5.41) is -0.350. The number of pyridine rings is 1. The van der Waals surface area contributed by atoms with Gasteiger partial charge in [-0.2, -0.15) is 4.39 Å². The molecule has 0 atom stereocenters. The molecule has 0 aliphatic heterocycles. The summed E-state index contributed by atoms with van der Waals surface area (Å²) in [5.41, 5.74) is -0.695. The van der Waals surface area contributed by atoms with Gasteiger partial charge in [-0.3, -0.25) is 0 Å². The Bertz CT molecular complexity index is 317. The Balaban J connectivity index is 3.30. The third-order valence-corrected chi connectivity index (χ3v) is 2.17. The normalized spacial score (nSPS) is 10.9. The lowest BCUT2D eigenvalue weighted by Gasteiger charge is -2.06. The van der Waals surface area contributed by atoms with E-state index in [9.17, 15) is 13.2 Å². The Morgan fingerprint density at radius 1 is 1.46 bits per heavy atom. The molecule has 6 heteroatoms. The summed E-state index contributed by atoms with van der Waals surface area (Å²) in [6.07, 6.45) is -1.94. The Labute approximate surface area is 82.5 Å². The van der Waals surface area contributed by atoms with Gasteiger partial charge in [0.25, 0.3) is 6.43 Å². The van der Waals surface area contributed by atoms with Crippen molar-refractivity contribution in [3.05, 3.63) is 28.3 Å². The summed E-state index contributed by atoms with van der Waals surface area (Å²) < 4.78 is 37.1. The zero-order valence-corrected chi connectivity index (χ0v) is 7.71. The van der Waals surface area contributed by atoms with Gasteiger partial charge < -0.3 is 0 Å². The molecule has 1 heterocycles. The predicted octanol–water partition coefficient (Wildman–Crippen LogP) is 3.55. The van der Waals surface area contributed by atoms with Crippen molar-refractivity contribution in [3.8, 4) is 0 Å². The van der Waals surface area contributed by atoms with Crippen LogP contribution in [0.1, 0.15) is 17.6 Å². The molecule has 0 unspecified atom stereocenters. The molecule has 1 rings (SSSR count). The SMILES string of the molecule is Fc1ncc(CCl)c(Cl)c1C(F)F. The molecule has 0 fully saturated rings. The van der Waals surface area contributed by atoms with Crippen molar-refractivity contribution in [1.82, 2.24) is 4.98 Å². The summed E-state index contributed by atoms with van der Waals surface area (Å²) in [6, 6.07) is 0. The van der Waals surface area contributed by atoms with Gasteiger partial charge in [0, 0.05) is 11.8 Å². The van der Waals surface area contributed by atoms with E-state index in [1.165, 1.54) is 0 Å². The lowest BCUT2D eigenvalue weighted by Crippen LogP contribution is -1.98. The van der Waals surface area contributed by atoms with E-state index >= 15 is 0 Å². The summed E-state index contributed by atoms with van der Waals surface area (Å²) in [6.45, 7) is 0. The molecule has 13 heavy (non-hydrogen) atoms. The molecule has 0 saturated carbocycles. The number of hydrogen-bond donors (Lipinski definition) is 0. The molecule has 72 valence electrons. The largest absolute Gasteiger partial charge is 0.269 e. The van der Waals surface area contributed by atoms with Crippen LogP contribution in [0.5, 0.6) is 0 Å².